The third kappa shape index (κ3) is 5.97. The molecule has 0 bridgehead atoms. The lowest BCUT2D eigenvalue weighted by Gasteiger charge is -2.24. The number of hydrogen-bond donors (Lipinski definition) is 6. The van der Waals surface area contributed by atoms with E-state index in [0.29, 0.717) is 11.5 Å². The van der Waals surface area contributed by atoms with Gasteiger partial charge in [-0.3, -0.25) is 9.36 Å². The standard InChI is InChI=1S/C27H30N6O7/c34-12-19-21(35)22(36)26(40-19)33-15-30-20-23(28-14-29-24(20)33)32-25(37)18(11-16-7-3-1-4-8-16)31-27(38)39-13-17-9-5-2-6-10-17/h1-10,14-15,18-19,21-23,26,34-36H,11-13H2,(H,28,29)(H,31,38)(H,32,37). The number of nitrogens with one attached hydrogen (secondary N) is 3. The first-order chi connectivity index (χ1) is 19.4. The van der Waals surface area contributed by atoms with E-state index in [1.807, 2.05) is 60.7 Å². The normalized spacial score (nSPS) is 24.0. The molecule has 0 saturated carbocycles. The molecule has 6 N–H and O–H groups in total. The van der Waals surface area contributed by atoms with E-state index in [1.165, 1.54) is 17.2 Å². The Bertz CT molecular complexity index is 1340. The largest absolute Gasteiger partial charge is 0.445 e. The van der Waals surface area contributed by atoms with Gasteiger partial charge in [-0.25, -0.2) is 14.8 Å². The number of aromatic nitrogens is 2. The number of nitrogens with zero attached hydrogens (tertiary/aromatic N) is 3. The maximum absolute atomic E-state index is 13.4. The van der Waals surface area contributed by atoms with Gasteiger partial charge in [-0.1, -0.05) is 60.7 Å². The van der Waals surface area contributed by atoms with Gasteiger partial charge in [0.2, 0.25) is 5.91 Å². The van der Waals surface area contributed by atoms with Gasteiger partial charge in [-0.2, -0.15) is 0 Å². The molecule has 40 heavy (non-hydrogen) atoms. The molecule has 5 rings (SSSR count). The minimum Gasteiger partial charge on any atom is -0.445 e. The number of carbonyl (C=O) groups excluding carboxylic acids is 2. The van der Waals surface area contributed by atoms with Crippen LogP contribution in [-0.4, -0.2) is 74.2 Å². The number of benzene rings is 2. The first kappa shape index (κ1) is 27.3. The highest BCUT2D eigenvalue weighted by Crippen LogP contribution is 2.35. The Morgan fingerprint density at radius 1 is 1.05 bits per heavy atom. The fraction of sp³-hybridized carbons (Fsp3) is 0.333. The fourth-order valence-electron chi connectivity index (χ4n) is 4.58. The number of amides is 2. The Morgan fingerprint density at radius 2 is 1.75 bits per heavy atom. The number of aliphatic hydroxyl groups is 3. The SMILES string of the molecule is O=C(NC(Cc1ccccc1)C(=O)NC1N=CNc2c1ncn2C1OC(CO)C(O)C1O)OCc1ccccc1. The molecule has 6 atom stereocenters. The van der Waals surface area contributed by atoms with Crippen LogP contribution >= 0.6 is 0 Å². The van der Waals surface area contributed by atoms with E-state index in [2.05, 4.69) is 25.9 Å². The molecule has 2 aliphatic heterocycles. The molecule has 2 aromatic carbocycles. The van der Waals surface area contributed by atoms with Crippen molar-refractivity contribution in [1.29, 1.82) is 0 Å². The summed E-state index contributed by atoms with van der Waals surface area (Å²) >= 11 is 0. The van der Waals surface area contributed by atoms with Crippen LogP contribution in [-0.2, 0) is 27.3 Å². The fourth-order valence-corrected chi connectivity index (χ4v) is 4.58. The zero-order valence-electron chi connectivity index (χ0n) is 21.3. The van der Waals surface area contributed by atoms with Gasteiger partial charge < -0.3 is 40.7 Å². The molecule has 0 spiro atoms. The van der Waals surface area contributed by atoms with Crippen molar-refractivity contribution in [2.75, 3.05) is 11.9 Å². The van der Waals surface area contributed by atoms with E-state index >= 15 is 0 Å². The van der Waals surface area contributed by atoms with Crippen LogP contribution in [0.3, 0.4) is 0 Å². The second kappa shape index (κ2) is 12.3. The van der Waals surface area contributed by atoms with Crippen LogP contribution < -0.4 is 16.0 Å². The Hall–Kier alpha value is -4.30. The second-order valence-electron chi connectivity index (χ2n) is 9.40. The molecular weight excluding hydrogens is 520 g/mol. The van der Waals surface area contributed by atoms with Crippen LogP contribution in [0.15, 0.2) is 72.0 Å². The molecule has 3 heterocycles. The van der Waals surface area contributed by atoms with Gasteiger partial charge in [-0.05, 0) is 11.1 Å². The van der Waals surface area contributed by atoms with Gasteiger partial charge in [0.15, 0.2) is 12.4 Å². The van der Waals surface area contributed by atoms with Gasteiger partial charge in [0, 0.05) is 6.42 Å². The predicted molar refractivity (Wildman–Crippen MR) is 142 cm³/mol. The molecule has 1 fully saturated rings. The van der Waals surface area contributed by atoms with Crippen molar-refractivity contribution in [2.45, 2.75) is 49.8 Å². The average Bonchev–Trinajstić information content (AvgIpc) is 3.53. The molecule has 3 aromatic rings. The van der Waals surface area contributed by atoms with E-state index in [1.54, 1.807) is 0 Å². The van der Waals surface area contributed by atoms with Crippen molar-refractivity contribution in [1.82, 2.24) is 20.2 Å². The minimum atomic E-state index is -1.31. The van der Waals surface area contributed by atoms with E-state index in [0.717, 1.165) is 11.1 Å². The molecule has 2 aliphatic rings. The van der Waals surface area contributed by atoms with Gasteiger partial charge >= 0.3 is 6.09 Å². The lowest BCUT2D eigenvalue weighted by Crippen LogP contribution is -2.49. The van der Waals surface area contributed by atoms with Crippen LogP contribution in [0.2, 0.25) is 0 Å². The van der Waals surface area contributed by atoms with Crippen molar-refractivity contribution in [2.24, 2.45) is 4.99 Å². The maximum atomic E-state index is 13.4. The molecule has 13 nitrogen and oxygen atoms in total. The summed E-state index contributed by atoms with van der Waals surface area (Å²) in [6, 6.07) is 17.4. The Kier molecular flexibility index (Phi) is 8.36. The molecule has 13 heteroatoms. The highest BCUT2D eigenvalue weighted by molar-refractivity contribution is 5.87. The van der Waals surface area contributed by atoms with E-state index in [-0.39, 0.29) is 13.0 Å². The summed E-state index contributed by atoms with van der Waals surface area (Å²) in [5.74, 6) is -0.136. The number of alkyl carbamates (subject to hydrolysis) is 1. The molecule has 1 saturated heterocycles. The van der Waals surface area contributed by atoms with E-state index in [4.69, 9.17) is 9.47 Å². The monoisotopic (exact) mass is 550 g/mol. The van der Waals surface area contributed by atoms with Gasteiger partial charge in [0.1, 0.15) is 42.5 Å². The summed E-state index contributed by atoms with van der Waals surface area (Å²) < 4.78 is 12.4. The molecule has 1 aromatic heterocycles. The van der Waals surface area contributed by atoms with Crippen molar-refractivity contribution in [3.05, 3.63) is 83.8 Å². The Labute approximate surface area is 229 Å². The zero-order valence-corrected chi connectivity index (χ0v) is 21.3. The van der Waals surface area contributed by atoms with Crippen LogP contribution in [0.5, 0.6) is 0 Å². The van der Waals surface area contributed by atoms with E-state index in [9.17, 15) is 24.9 Å². The molecular formula is C27H30N6O7. The highest BCUT2D eigenvalue weighted by Gasteiger charge is 2.44. The van der Waals surface area contributed by atoms with Gasteiger partial charge in [0.05, 0.1) is 19.3 Å². The lowest BCUT2D eigenvalue weighted by atomic mass is 10.1. The van der Waals surface area contributed by atoms with Crippen molar-refractivity contribution >= 4 is 24.2 Å². The average molecular weight is 551 g/mol. The minimum absolute atomic E-state index is 0.0483. The Morgan fingerprint density at radius 3 is 2.42 bits per heavy atom. The zero-order chi connectivity index (χ0) is 28.1. The number of fused-ring (bicyclic) bond motifs is 1. The number of ether oxygens (including phenoxy) is 2. The smallest absolute Gasteiger partial charge is 0.408 e. The third-order valence-electron chi connectivity index (χ3n) is 6.68. The maximum Gasteiger partial charge on any atom is 0.408 e. The number of rotatable bonds is 9. The van der Waals surface area contributed by atoms with Crippen LogP contribution in [0.1, 0.15) is 29.2 Å². The van der Waals surface area contributed by atoms with Crippen LogP contribution in [0.25, 0.3) is 0 Å². The molecule has 0 aliphatic carbocycles. The number of aliphatic hydroxyl groups excluding tert-OH is 3. The number of imidazole rings is 1. The molecule has 2 amide bonds. The summed E-state index contributed by atoms with van der Waals surface area (Å²) in [7, 11) is 0. The van der Waals surface area contributed by atoms with Crippen molar-refractivity contribution in [3.63, 3.8) is 0 Å². The second-order valence-corrected chi connectivity index (χ2v) is 9.40. The summed E-state index contributed by atoms with van der Waals surface area (Å²) in [4.78, 5) is 34.7. The van der Waals surface area contributed by atoms with Crippen molar-refractivity contribution < 1.29 is 34.4 Å². The van der Waals surface area contributed by atoms with Crippen LogP contribution in [0, 0.1) is 0 Å². The summed E-state index contributed by atoms with van der Waals surface area (Å²) in [5, 5.41) is 38.4. The molecule has 210 valence electrons. The van der Waals surface area contributed by atoms with E-state index < -0.39 is 55.4 Å². The van der Waals surface area contributed by atoms with Crippen molar-refractivity contribution in [3.8, 4) is 0 Å². The van der Waals surface area contributed by atoms with Gasteiger partial charge in [0.25, 0.3) is 0 Å². The first-order valence-electron chi connectivity index (χ1n) is 12.7. The number of anilines is 1. The topological polar surface area (TPSA) is 180 Å². The first-order valence-corrected chi connectivity index (χ1v) is 12.7. The summed E-state index contributed by atoms with van der Waals surface area (Å²) in [5.41, 5.74) is 1.97. The predicted octanol–water partition coefficient (Wildman–Crippen LogP) is 0.601. The number of aliphatic imine (C=N–C) groups is 1. The summed E-state index contributed by atoms with van der Waals surface area (Å²) in [6.07, 6.45) is -3.30. The quantitative estimate of drug-likeness (QED) is 0.222. The van der Waals surface area contributed by atoms with Crippen LogP contribution in [0.4, 0.5) is 10.6 Å². The third-order valence-corrected chi connectivity index (χ3v) is 6.68. The molecule has 0 radical (unpaired) electrons. The lowest BCUT2D eigenvalue weighted by molar-refractivity contribution is -0.123. The number of carbonyl (C=O) groups is 2. The highest BCUT2D eigenvalue weighted by atomic mass is 16.6. The molecule has 6 unspecified atom stereocenters. The summed E-state index contributed by atoms with van der Waals surface area (Å²) in [6.45, 7) is -0.421. The Balaban J connectivity index is 1.29. The van der Waals surface area contributed by atoms with Gasteiger partial charge in [-0.15, -0.1) is 0 Å². The number of hydrogen-bond acceptors (Lipinski definition) is 10.